The molecule has 20 nitrogen and oxygen atoms in total. The highest BCUT2D eigenvalue weighted by Gasteiger charge is 2.27. The lowest BCUT2D eigenvalue weighted by Crippen LogP contribution is -2.41. The molecule has 0 spiro atoms. The molecule has 1 aliphatic carbocycles. The van der Waals surface area contributed by atoms with E-state index in [2.05, 4.69) is 97.5 Å². The molecule has 4 aromatic rings. The van der Waals surface area contributed by atoms with Crippen LogP contribution in [0.15, 0.2) is 48.5 Å². The summed E-state index contributed by atoms with van der Waals surface area (Å²) in [5.41, 5.74) is 60.3. The SMILES string of the molecule is CCCCCCOc1c2cc(NC(=S)N(CCN)CCN)cc1Cc1cc(NC(=S)N(CCN)CCN)cc(c1OCCCCCC)Cc1cc(NC(=S)N(CCN)CCN)cc(c1OCCCCCC)Cc1cc(NC(=S)N(CCN)CCN)cc(c1OCCCCCC)C2. The number of anilines is 4. The molecular formula is C72H120N16O4S4. The number of nitrogens with one attached hydrogen (secondary N) is 4. The third-order valence-electron chi connectivity index (χ3n) is 16.8. The number of rotatable bonds is 44. The quantitative estimate of drug-likeness (QED) is 0.0127. The highest BCUT2D eigenvalue weighted by Crippen LogP contribution is 2.43. The summed E-state index contributed by atoms with van der Waals surface area (Å²) in [6, 6.07) is 17.4. The molecule has 4 aromatic carbocycles. The van der Waals surface area contributed by atoms with Gasteiger partial charge in [-0.2, -0.15) is 0 Å². The third-order valence-corrected chi connectivity index (χ3v) is 18.3. The molecule has 0 saturated heterocycles. The van der Waals surface area contributed by atoms with Gasteiger partial charge in [-0.3, -0.25) is 0 Å². The molecule has 0 aliphatic heterocycles. The largest absolute Gasteiger partial charge is 0.493 e. The summed E-state index contributed by atoms with van der Waals surface area (Å²) < 4.78 is 29.3. The van der Waals surface area contributed by atoms with Crippen molar-refractivity contribution in [2.75, 3.05) is 152 Å². The smallest absolute Gasteiger partial charge is 0.173 e. The van der Waals surface area contributed by atoms with Crippen molar-refractivity contribution in [1.82, 2.24) is 19.6 Å². The molecule has 20 N–H and O–H groups in total. The zero-order valence-electron chi connectivity index (χ0n) is 58.6. The van der Waals surface area contributed by atoms with Crippen LogP contribution in [0, 0.1) is 0 Å². The Kier molecular flexibility index (Phi) is 39.5. The van der Waals surface area contributed by atoms with Gasteiger partial charge >= 0.3 is 0 Å². The number of nitrogens with zero attached hydrogens (tertiary/aromatic N) is 4. The molecule has 96 heavy (non-hydrogen) atoms. The van der Waals surface area contributed by atoms with Gasteiger partial charge in [0.05, 0.1) is 26.4 Å². The highest BCUT2D eigenvalue weighted by atomic mass is 32.1. The Morgan fingerprint density at radius 1 is 0.292 bits per heavy atom. The van der Waals surface area contributed by atoms with E-state index < -0.39 is 0 Å². The molecule has 24 heteroatoms. The van der Waals surface area contributed by atoms with E-state index in [9.17, 15) is 0 Å². The predicted molar refractivity (Wildman–Crippen MR) is 419 cm³/mol. The maximum atomic E-state index is 7.31. The predicted octanol–water partition coefficient (Wildman–Crippen LogP) is 9.86. The van der Waals surface area contributed by atoms with Crippen molar-refractivity contribution in [2.24, 2.45) is 45.9 Å². The van der Waals surface area contributed by atoms with Crippen LogP contribution in [-0.2, 0) is 25.7 Å². The van der Waals surface area contributed by atoms with E-state index in [1.165, 1.54) is 0 Å². The van der Waals surface area contributed by atoms with E-state index in [1.54, 1.807) is 0 Å². The standard InChI is InChI=1S/C72H120N16O4S4/c1-5-9-13-17-37-89-65-53-41-55-47-62(82-70(94)86(31-23-75)32-24-76)49-57(66(55)90-38-18-14-10-6-2)43-59-51-64(84-72(96)88(35-27-79)36-28-80)52-60(68(59)92-40-20-16-12-8-4)44-58-50-63(83-71(95)87(33-25-77)34-26-78)48-56(67(58)91-39-19-15-11-7-3)42-54(65)46-61(45-53)81-69(93)85(29-21-73)30-22-74/h45-52H,5-44,73-80H2,1-4H3,(H,81,93)(H,82,94)(H,83,95)(H,84,96). The Labute approximate surface area is 597 Å². The van der Waals surface area contributed by atoms with Crippen LogP contribution in [0.25, 0.3) is 0 Å². The Morgan fingerprint density at radius 3 is 0.604 bits per heavy atom. The van der Waals surface area contributed by atoms with E-state index >= 15 is 0 Å². The minimum Gasteiger partial charge on any atom is -0.493 e. The van der Waals surface area contributed by atoms with Crippen LogP contribution in [0.4, 0.5) is 22.7 Å². The van der Waals surface area contributed by atoms with Gasteiger partial charge in [-0.15, -0.1) is 0 Å². The normalized spacial score (nSPS) is 11.8. The molecule has 0 atom stereocenters. The van der Waals surface area contributed by atoms with Crippen LogP contribution < -0.4 is 86.1 Å². The fourth-order valence-electron chi connectivity index (χ4n) is 12.0. The molecule has 8 bridgehead atoms. The average Bonchev–Trinajstić information content (AvgIpc) is 0.777. The van der Waals surface area contributed by atoms with Crippen LogP contribution in [-0.4, -0.2) is 171 Å². The first-order valence-corrected chi connectivity index (χ1v) is 37.4. The molecule has 0 heterocycles. The Hall–Kier alpha value is -5.48. The van der Waals surface area contributed by atoms with Gasteiger partial charge in [0.2, 0.25) is 0 Å². The molecular weight excluding hydrogens is 1280 g/mol. The number of ether oxygens (including phenoxy) is 4. The number of fused-ring (bicyclic) bond motifs is 8. The van der Waals surface area contributed by atoms with Gasteiger partial charge in [-0.1, -0.05) is 105 Å². The molecule has 1 aliphatic rings. The topological polar surface area (TPSA) is 306 Å². The zero-order chi connectivity index (χ0) is 69.5. The van der Waals surface area contributed by atoms with Crippen molar-refractivity contribution in [1.29, 1.82) is 0 Å². The van der Waals surface area contributed by atoms with Gasteiger partial charge < -0.3 is 106 Å². The van der Waals surface area contributed by atoms with Gasteiger partial charge in [0.15, 0.2) is 20.4 Å². The fraction of sp³-hybridized carbons (Fsp3) is 0.611. The molecule has 0 aromatic heterocycles. The van der Waals surface area contributed by atoms with Crippen LogP contribution in [0.2, 0.25) is 0 Å². The Bertz CT molecular complexity index is 2470. The van der Waals surface area contributed by atoms with Gasteiger partial charge in [-0.05, 0) is 123 Å². The van der Waals surface area contributed by atoms with Crippen LogP contribution in [0.5, 0.6) is 23.0 Å². The Morgan fingerprint density at radius 2 is 0.458 bits per heavy atom. The van der Waals surface area contributed by atoms with Gasteiger partial charge in [0.25, 0.3) is 0 Å². The number of nitrogens with two attached hydrogens (primary N) is 8. The maximum Gasteiger partial charge on any atom is 0.173 e. The second kappa shape index (κ2) is 46.7. The van der Waals surface area contributed by atoms with Gasteiger partial charge in [0, 0.05) is 198 Å². The van der Waals surface area contributed by atoms with Gasteiger partial charge in [-0.25, -0.2) is 0 Å². The first-order valence-electron chi connectivity index (χ1n) is 35.8. The van der Waals surface area contributed by atoms with E-state index in [4.69, 9.17) is 114 Å². The number of benzene rings is 4. The fourth-order valence-corrected chi connectivity index (χ4v) is 13.2. The first kappa shape index (κ1) is 81.2. The van der Waals surface area contributed by atoms with Crippen molar-refractivity contribution in [3.63, 3.8) is 0 Å². The summed E-state index contributed by atoms with van der Waals surface area (Å²) >= 11 is 25.0. The van der Waals surface area contributed by atoms with Crippen LogP contribution in [0.1, 0.15) is 175 Å². The molecule has 0 unspecified atom stereocenters. The van der Waals surface area contributed by atoms with Crippen LogP contribution in [0.3, 0.4) is 0 Å². The summed E-state index contributed by atoms with van der Waals surface area (Å²) in [4.78, 5) is 8.09. The molecule has 0 fully saturated rings. The molecule has 0 saturated carbocycles. The van der Waals surface area contributed by atoms with Crippen LogP contribution >= 0.6 is 48.9 Å². The summed E-state index contributed by atoms with van der Waals surface area (Å²) in [5.74, 6) is 3.08. The van der Waals surface area contributed by atoms with Gasteiger partial charge in [0.1, 0.15) is 23.0 Å². The molecule has 0 amide bonds. The highest BCUT2D eigenvalue weighted by molar-refractivity contribution is 7.81. The number of hydrogen-bond donors (Lipinski definition) is 12. The summed E-state index contributed by atoms with van der Waals surface area (Å²) in [6.07, 6.45) is 17.8. The number of hydrogen-bond acceptors (Lipinski definition) is 16. The monoisotopic (exact) mass is 1400 g/mol. The van der Waals surface area contributed by atoms with Crippen molar-refractivity contribution < 1.29 is 18.9 Å². The minimum absolute atomic E-state index is 0.379. The van der Waals surface area contributed by atoms with E-state index in [0.29, 0.717) is 177 Å². The lowest BCUT2D eigenvalue weighted by Gasteiger charge is -2.28. The third kappa shape index (κ3) is 27.0. The Balaban J connectivity index is 2.07. The molecule has 0 radical (unpaired) electrons. The van der Waals surface area contributed by atoms with Crippen molar-refractivity contribution in [3.05, 3.63) is 93.0 Å². The minimum atomic E-state index is 0.379. The molecule has 5 rings (SSSR count). The number of unbranched alkanes of at least 4 members (excludes halogenated alkanes) is 12. The van der Waals surface area contributed by atoms with Crippen molar-refractivity contribution in [2.45, 2.75) is 156 Å². The van der Waals surface area contributed by atoms with E-state index in [0.717, 1.165) is 193 Å². The van der Waals surface area contributed by atoms with E-state index in [-0.39, 0.29) is 0 Å². The maximum absolute atomic E-state index is 7.31. The summed E-state index contributed by atoms with van der Waals surface area (Å²) in [7, 11) is 0. The lowest BCUT2D eigenvalue weighted by atomic mass is 9.90. The summed E-state index contributed by atoms with van der Waals surface area (Å²) in [5, 5.41) is 16.7. The van der Waals surface area contributed by atoms with Crippen molar-refractivity contribution >= 4 is 92.1 Å². The molecule has 536 valence electrons. The summed E-state index contributed by atoms with van der Waals surface area (Å²) in [6.45, 7) is 18.3. The first-order chi connectivity index (χ1) is 46.8. The van der Waals surface area contributed by atoms with Crippen molar-refractivity contribution in [3.8, 4) is 23.0 Å². The number of thiocarbonyl (C=S) groups is 4. The zero-order valence-corrected chi connectivity index (χ0v) is 61.8. The van der Waals surface area contributed by atoms with E-state index in [1.807, 2.05) is 19.6 Å². The second-order valence-electron chi connectivity index (χ2n) is 24.8. The second-order valence-corrected chi connectivity index (χ2v) is 26.4. The average molecular weight is 1400 g/mol. The lowest BCUT2D eigenvalue weighted by molar-refractivity contribution is 0.293.